The standard InChI is InChI=1S/C24H19ClN4O2S/c25-18-8-9-20-21(12-18)32-24(27-20)29(14-16-5-4-10-26-13-16)23(31)17-11-22(30)28(15-17)19-6-2-1-3-7-19/h1-10,12-13,17H,11,14-15H2. The molecule has 160 valence electrons. The molecule has 6 nitrogen and oxygen atoms in total. The van der Waals surface area contributed by atoms with Crippen molar-refractivity contribution >= 4 is 55.8 Å². The Morgan fingerprint density at radius 3 is 2.78 bits per heavy atom. The molecule has 0 saturated carbocycles. The van der Waals surface area contributed by atoms with Crippen molar-refractivity contribution < 1.29 is 9.59 Å². The SMILES string of the molecule is O=C1CC(C(=O)N(Cc2cccnc2)c2nc3ccc(Cl)cc3s2)CN1c1ccccc1. The number of fused-ring (bicyclic) bond motifs is 1. The van der Waals surface area contributed by atoms with Gasteiger partial charge in [0.2, 0.25) is 11.8 Å². The fraction of sp³-hybridized carbons (Fsp3) is 0.167. The van der Waals surface area contributed by atoms with E-state index in [0.717, 1.165) is 21.5 Å². The number of carbonyl (C=O) groups is 2. The van der Waals surface area contributed by atoms with Gasteiger partial charge in [0.05, 0.1) is 22.7 Å². The van der Waals surface area contributed by atoms with E-state index in [1.807, 2.05) is 54.6 Å². The van der Waals surface area contributed by atoms with Crippen LogP contribution >= 0.6 is 22.9 Å². The fourth-order valence-electron chi connectivity index (χ4n) is 3.87. The Kier molecular flexibility index (Phi) is 5.59. The van der Waals surface area contributed by atoms with Gasteiger partial charge in [-0.15, -0.1) is 0 Å². The molecule has 32 heavy (non-hydrogen) atoms. The lowest BCUT2D eigenvalue weighted by atomic mass is 10.1. The maximum atomic E-state index is 13.7. The molecular weight excluding hydrogens is 444 g/mol. The average Bonchev–Trinajstić information content (AvgIpc) is 3.41. The maximum absolute atomic E-state index is 13.7. The minimum Gasteiger partial charge on any atom is -0.312 e. The van der Waals surface area contributed by atoms with Crippen LogP contribution in [0.15, 0.2) is 73.1 Å². The highest BCUT2D eigenvalue weighted by Gasteiger charge is 2.38. The second kappa shape index (κ2) is 8.68. The van der Waals surface area contributed by atoms with Crippen LogP contribution in [-0.2, 0) is 16.1 Å². The molecule has 0 spiro atoms. The lowest BCUT2D eigenvalue weighted by Gasteiger charge is -2.23. The van der Waals surface area contributed by atoms with E-state index >= 15 is 0 Å². The number of hydrogen-bond donors (Lipinski definition) is 0. The minimum absolute atomic E-state index is 0.0491. The number of hydrogen-bond acceptors (Lipinski definition) is 5. The van der Waals surface area contributed by atoms with Crippen LogP contribution in [0, 0.1) is 5.92 Å². The van der Waals surface area contributed by atoms with Crippen molar-refractivity contribution in [2.24, 2.45) is 5.92 Å². The van der Waals surface area contributed by atoms with E-state index in [-0.39, 0.29) is 18.2 Å². The summed E-state index contributed by atoms with van der Waals surface area (Å²) in [6.45, 7) is 0.679. The van der Waals surface area contributed by atoms with Gasteiger partial charge in [-0.1, -0.05) is 47.2 Å². The second-order valence-corrected chi connectivity index (χ2v) is 9.08. The third-order valence-electron chi connectivity index (χ3n) is 5.44. The van der Waals surface area contributed by atoms with Crippen LogP contribution in [0.25, 0.3) is 10.2 Å². The highest BCUT2D eigenvalue weighted by molar-refractivity contribution is 7.22. The zero-order chi connectivity index (χ0) is 22.1. The molecular formula is C24H19ClN4O2S. The number of benzene rings is 2. The van der Waals surface area contributed by atoms with Gasteiger partial charge < -0.3 is 4.90 Å². The molecule has 1 aliphatic rings. The van der Waals surface area contributed by atoms with E-state index in [2.05, 4.69) is 9.97 Å². The van der Waals surface area contributed by atoms with Crippen molar-refractivity contribution in [2.45, 2.75) is 13.0 Å². The van der Waals surface area contributed by atoms with Gasteiger partial charge in [0.1, 0.15) is 0 Å². The van der Waals surface area contributed by atoms with Crippen molar-refractivity contribution in [3.63, 3.8) is 0 Å². The predicted octanol–water partition coefficient (Wildman–Crippen LogP) is 4.93. The Balaban J connectivity index is 1.47. The molecule has 0 N–H and O–H groups in total. The van der Waals surface area contributed by atoms with Crippen LogP contribution in [0.4, 0.5) is 10.8 Å². The van der Waals surface area contributed by atoms with Crippen LogP contribution in [0.5, 0.6) is 0 Å². The summed E-state index contributed by atoms with van der Waals surface area (Å²) < 4.78 is 0.907. The first-order chi connectivity index (χ1) is 15.6. The number of aromatic nitrogens is 2. The topological polar surface area (TPSA) is 66.4 Å². The number of nitrogens with zero attached hydrogens (tertiary/aromatic N) is 4. The molecule has 1 fully saturated rings. The summed E-state index contributed by atoms with van der Waals surface area (Å²) in [5.41, 5.74) is 2.48. The third-order valence-corrected chi connectivity index (χ3v) is 6.72. The van der Waals surface area contributed by atoms with Gasteiger partial charge in [0.15, 0.2) is 5.13 Å². The van der Waals surface area contributed by atoms with E-state index in [9.17, 15) is 9.59 Å². The summed E-state index contributed by atoms with van der Waals surface area (Å²) in [5, 5.41) is 1.21. The third kappa shape index (κ3) is 4.09. The molecule has 2 amide bonds. The highest BCUT2D eigenvalue weighted by Crippen LogP contribution is 2.34. The van der Waals surface area contributed by atoms with Crippen molar-refractivity contribution in [3.05, 3.63) is 83.6 Å². The number of para-hydroxylation sites is 1. The van der Waals surface area contributed by atoms with Gasteiger partial charge in [-0.25, -0.2) is 4.98 Å². The van der Waals surface area contributed by atoms with Crippen LogP contribution in [0.1, 0.15) is 12.0 Å². The first kappa shape index (κ1) is 20.6. The van der Waals surface area contributed by atoms with E-state index in [4.69, 9.17) is 11.6 Å². The maximum Gasteiger partial charge on any atom is 0.234 e. The van der Waals surface area contributed by atoms with Crippen LogP contribution < -0.4 is 9.80 Å². The highest BCUT2D eigenvalue weighted by atomic mass is 35.5. The summed E-state index contributed by atoms with van der Waals surface area (Å²) in [5.74, 6) is -0.618. The number of anilines is 2. The first-order valence-electron chi connectivity index (χ1n) is 10.2. The van der Waals surface area contributed by atoms with Gasteiger partial charge in [-0.05, 0) is 42.0 Å². The molecule has 0 bridgehead atoms. The van der Waals surface area contributed by atoms with E-state index in [1.165, 1.54) is 11.3 Å². The molecule has 1 aliphatic heterocycles. The molecule has 2 aromatic heterocycles. The first-order valence-corrected chi connectivity index (χ1v) is 11.4. The van der Waals surface area contributed by atoms with Crippen LogP contribution in [-0.4, -0.2) is 28.3 Å². The van der Waals surface area contributed by atoms with Crippen molar-refractivity contribution in [3.8, 4) is 0 Å². The van der Waals surface area contributed by atoms with Crippen molar-refractivity contribution in [2.75, 3.05) is 16.3 Å². The number of carbonyl (C=O) groups excluding carboxylic acids is 2. The molecule has 8 heteroatoms. The number of thiazole rings is 1. The van der Waals surface area contributed by atoms with E-state index < -0.39 is 5.92 Å². The number of halogens is 1. The smallest absolute Gasteiger partial charge is 0.234 e. The monoisotopic (exact) mass is 462 g/mol. The summed E-state index contributed by atoms with van der Waals surface area (Å²) >= 11 is 7.56. The number of rotatable bonds is 5. The Bertz CT molecular complexity index is 1280. The molecule has 1 saturated heterocycles. The molecule has 2 aromatic carbocycles. The average molecular weight is 463 g/mol. The molecule has 5 rings (SSSR count). The Morgan fingerprint density at radius 1 is 1.16 bits per heavy atom. The minimum atomic E-state index is -0.449. The van der Waals surface area contributed by atoms with Gasteiger partial charge >= 0.3 is 0 Å². The summed E-state index contributed by atoms with van der Waals surface area (Å²) in [7, 11) is 0. The Morgan fingerprint density at radius 2 is 2.00 bits per heavy atom. The lowest BCUT2D eigenvalue weighted by molar-refractivity contribution is -0.124. The van der Waals surface area contributed by atoms with Gasteiger partial charge in [0, 0.05) is 36.1 Å². The molecule has 4 aromatic rings. The quantitative estimate of drug-likeness (QED) is 0.421. The zero-order valence-electron chi connectivity index (χ0n) is 17.0. The molecule has 0 radical (unpaired) electrons. The fourth-order valence-corrected chi connectivity index (χ4v) is 5.11. The van der Waals surface area contributed by atoms with Crippen LogP contribution in [0.2, 0.25) is 5.02 Å². The second-order valence-electron chi connectivity index (χ2n) is 7.64. The summed E-state index contributed by atoms with van der Waals surface area (Å²) in [6, 6.07) is 18.7. The number of pyridine rings is 1. The number of amides is 2. The predicted molar refractivity (Wildman–Crippen MR) is 127 cm³/mol. The van der Waals surface area contributed by atoms with Crippen molar-refractivity contribution in [1.29, 1.82) is 0 Å². The Hall–Kier alpha value is -3.29. The van der Waals surface area contributed by atoms with Gasteiger partial charge in [-0.3, -0.25) is 19.5 Å². The Labute approximate surface area is 194 Å². The van der Waals surface area contributed by atoms with E-state index in [0.29, 0.717) is 23.2 Å². The van der Waals surface area contributed by atoms with E-state index in [1.54, 1.807) is 28.3 Å². The van der Waals surface area contributed by atoms with Gasteiger partial charge in [-0.2, -0.15) is 0 Å². The summed E-state index contributed by atoms with van der Waals surface area (Å²) in [6.07, 6.45) is 3.61. The normalized spacial score (nSPS) is 16.0. The van der Waals surface area contributed by atoms with Crippen molar-refractivity contribution in [1.82, 2.24) is 9.97 Å². The molecule has 3 heterocycles. The van der Waals surface area contributed by atoms with Crippen LogP contribution in [0.3, 0.4) is 0 Å². The lowest BCUT2D eigenvalue weighted by Crippen LogP contribution is -2.37. The molecule has 0 aliphatic carbocycles. The molecule has 1 unspecified atom stereocenters. The molecule has 1 atom stereocenters. The van der Waals surface area contributed by atoms with Gasteiger partial charge in [0.25, 0.3) is 0 Å². The zero-order valence-corrected chi connectivity index (χ0v) is 18.6. The largest absolute Gasteiger partial charge is 0.312 e. The summed E-state index contributed by atoms with van der Waals surface area (Å²) in [4.78, 5) is 38.6.